The highest BCUT2D eigenvalue weighted by Gasteiger charge is 2.31. The lowest BCUT2D eigenvalue weighted by atomic mass is 10.1. The maximum absolute atomic E-state index is 13.7. The molecule has 0 aliphatic carbocycles. The Kier molecular flexibility index (Phi) is 2.14. The fourth-order valence-electron chi connectivity index (χ4n) is 1.41. The van der Waals surface area contributed by atoms with Crippen LogP contribution in [0.15, 0.2) is 12.1 Å². The zero-order valence-electron chi connectivity index (χ0n) is 8.54. The van der Waals surface area contributed by atoms with Gasteiger partial charge in [0.25, 0.3) is 0 Å². The molecule has 0 amide bonds. The van der Waals surface area contributed by atoms with Gasteiger partial charge in [0.05, 0.1) is 5.56 Å². The van der Waals surface area contributed by atoms with E-state index in [2.05, 4.69) is 0 Å². The summed E-state index contributed by atoms with van der Waals surface area (Å²) in [5.41, 5.74) is -0.593. The van der Waals surface area contributed by atoms with Crippen molar-refractivity contribution in [2.45, 2.75) is 19.4 Å². The van der Waals surface area contributed by atoms with Crippen molar-refractivity contribution >= 4 is 6.29 Å². The summed E-state index contributed by atoms with van der Waals surface area (Å²) in [5, 5.41) is 0. The molecule has 0 fully saturated rings. The molecule has 0 saturated carbocycles. The van der Waals surface area contributed by atoms with Crippen molar-refractivity contribution < 1.29 is 18.7 Å². The number of halogens is 1. The van der Waals surface area contributed by atoms with Gasteiger partial charge in [-0.3, -0.25) is 4.79 Å². The number of hydrogen-bond acceptors (Lipinski definition) is 3. The third-order valence-electron chi connectivity index (χ3n) is 2.17. The van der Waals surface area contributed by atoms with Gasteiger partial charge >= 0.3 is 0 Å². The topological polar surface area (TPSA) is 35.5 Å². The second-order valence-electron chi connectivity index (χ2n) is 4.06. The van der Waals surface area contributed by atoms with Crippen LogP contribution >= 0.6 is 0 Å². The molecule has 1 heterocycles. The second kappa shape index (κ2) is 3.22. The molecule has 0 radical (unpaired) electrons. The zero-order chi connectivity index (χ0) is 11.1. The Morgan fingerprint density at radius 1 is 1.47 bits per heavy atom. The summed E-state index contributed by atoms with van der Waals surface area (Å²) < 4.78 is 24.4. The first-order valence-electron chi connectivity index (χ1n) is 4.63. The van der Waals surface area contributed by atoms with E-state index in [1.54, 1.807) is 13.8 Å². The molecule has 0 saturated heterocycles. The normalized spacial score (nSPS) is 17.3. The first-order chi connectivity index (χ1) is 7.03. The molecule has 1 aromatic rings. The van der Waals surface area contributed by atoms with Crippen molar-refractivity contribution in [3.8, 4) is 11.5 Å². The minimum atomic E-state index is -0.657. The number of aldehydes is 1. The predicted octanol–water partition coefficient (Wildman–Crippen LogP) is 2.19. The van der Waals surface area contributed by atoms with Gasteiger partial charge in [0.15, 0.2) is 23.6 Å². The van der Waals surface area contributed by atoms with Gasteiger partial charge < -0.3 is 9.47 Å². The van der Waals surface area contributed by atoms with Crippen LogP contribution in [0, 0.1) is 5.82 Å². The van der Waals surface area contributed by atoms with Crippen LogP contribution < -0.4 is 9.47 Å². The Balaban J connectivity index is 2.51. The number of hydrogen-bond donors (Lipinski definition) is 0. The summed E-state index contributed by atoms with van der Waals surface area (Å²) >= 11 is 0. The first-order valence-corrected chi connectivity index (χ1v) is 4.63. The summed E-state index contributed by atoms with van der Waals surface area (Å²) in [7, 11) is 0. The molecular weight excluding hydrogens is 199 g/mol. The maximum Gasteiger partial charge on any atom is 0.198 e. The molecule has 0 unspecified atom stereocenters. The van der Waals surface area contributed by atoms with Crippen LogP contribution in [0.1, 0.15) is 24.2 Å². The van der Waals surface area contributed by atoms with Gasteiger partial charge in [-0.05, 0) is 26.0 Å². The highest BCUT2D eigenvalue weighted by Crippen LogP contribution is 2.38. The molecule has 0 bridgehead atoms. The van der Waals surface area contributed by atoms with E-state index in [1.807, 2.05) is 0 Å². The standard InChI is InChI=1S/C11H11FO3/c1-11(2)6-14-8-4-3-7(5-13)9(12)10(8)15-11/h3-5H,6H2,1-2H3. The van der Waals surface area contributed by atoms with E-state index in [-0.39, 0.29) is 11.3 Å². The Morgan fingerprint density at radius 2 is 2.20 bits per heavy atom. The van der Waals surface area contributed by atoms with Gasteiger partial charge in [-0.2, -0.15) is 0 Å². The minimum absolute atomic E-state index is 0.0185. The van der Waals surface area contributed by atoms with Crippen LogP contribution in [0.3, 0.4) is 0 Å². The smallest absolute Gasteiger partial charge is 0.198 e. The minimum Gasteiger partial charge on any atom is -0.485 e. The lowest BCUT2D eigenvalue weighted by Crippen LogP contribution is -2.39. The van der Waals surface area contributed by atoms with E-state index in [0.29, 0.717) is 18.6 Å². The lowest BCUT2D eigenvalue weighted by molar-refractivity contribution is 0.0169. The Labute approximate surface area is 86.8 Å². The van der Waals surface area contributed by atoms with E-state index in [9.17, 15) is 9.18 Å². The van der Waals surface area contributed by atoms with E-state index in [4.69, 9.17) is 9.47 Å². The van der Waals surface area contributed by atoms with Crippen LogP contribution in [-0.2, 0) is 0 Å². The molecule has 0 aromatic heterocycles. The summed E-state index contributed by atoms with van der Waals surface area (Å²) in [6, 6.07) is 2.92. The van der Waals surface area contributed by atoms with E-state index >= 15 is 0 Å². The predicted molar refractivity (Wildman–Crippen MR) is 52.0 cm³/mol. The fourth-order valence-corrected chi connectivity index (χ4v) is 1.41. The van der Waals surface area contributed by atoms with E-state index < -0.39 is 11.4 Å². The average molecular weight is 210 g/mol. The third kappa shape index (κ3) is 1.67. The Bertz CT molecular complexity index is 413. The maximum atomic E-state index is 13.7. The van der Waals surface area contributed by atoms with Gasteiger partial charge in [-0.1, -0.05) is 0 Å². The van der Waals surface area contributed by atoms with Crippen molar-refractivity contribution in [3.05, 3.63) is 23.5 Å². The molecule has 1 aromatic carbocycles. The number of fused-ring (bicyclic) bond motifs is 1. The monoisotopic (exact) mass is 210 g/mol. The third-order valence-corrected chi connectivity index (χ3v) is 2.17. The molecule has 15 heavy (non-hydrogen) atoms. The van der Waals surface area contributed by atoms with Crippen molar-refractivity contribution in [2.24, 2.45) is 0 Å². The molecule has 2 rings (SSSR count). The number of rotatable bonds is 1. The fraction of sp³-hybridized carbons (Fsp3) is 0.364. The summed E-state index contributed by atoms with van der Waals surface area (Å²) in [6.07, 6.45) is 0.459. The molecule has 3 nitrogen and oxygen atoms in total. The van der Waals surface area contributed by atoms with Gasteiger partial charge in [0.2, 0.25) is 0 Å². The largest absolute Gasteiger partial charge is 0.485 e. The van der Waals surface area contributed by atoms with Crippen molar-refractivity contribution in [1.82, 2.24) is 0 Å². The van der Waals surface area contributed by atoms with Gasteiger partial charge in [-0.25, -0.2) is 4.39 Å². The average Bonchev–Trinajstić information content (AvgIpc) is 2.19. The molecule has 0 atom stereocenters. The molecule has 1 aliphatic heterocycles. The van der Waals surface area contributed by atoms with Crippen LogP contribution in [0.2, 0.25) is 0 Å². The van der Waals surface area contributed by atoms with Gasteiger partial charge in [0.1, 0.15) is 12.2 Å². The summed E-state index contributed by atoms with van der Waals surface area (Å²) in [6.45, 7) is 3.95. The van der Waals surface area contributed by atoms with E-state index in [0.717, 1.165) is 0 Å². The van der Waals surface area contributed by atoms with Gasteiger partial charge in [-0.15, -0.1) is 0 Å². The summed E-state index contributed by atoms with van der Waals surface area (Å²) in [5.74, 6) is -0.288. The molecule has 4 heteroatoms. The zero-order valence-corrected chi connectivity index (χ0v) is 8.54. The number of carbonyl (C=O) groups is 1. The van der Waals surface area contributed by atoms with Crippen molar-refractivity contribution in [2.75, 3.05) is 6.61 Å². The molecular formula is C11H11FO3. The van der Waals surface area contributed by atoms with E-state index in [1.165, 1.54) is 12.1 Å². The number of ether oxygens (including phenoxy) is 2. The molecule has 80 valence electrons. The lowest BCUT2D eigenvalue weighted by Gasteiger charge is -2.32. The molecule has 0 N–H and O–H groups in total. The van der Waals surface area contributed by atoms with Crippen LogP contribution in [0.25, 0.3) is 0 Å². The first kappa shape index (κ1) is 9.96. The summed E-state index contributed by atoms with van der Waals surface area (Å²) in [4.78, 5) is 10.5. The van der Waals surface area contributed by atoms with Crippen LogP contribution in [-0.4, -0.2) is 18.5 Å². The van der Waals surface area contributed by atoms with Crippen molar-refractivity contribution in [3.63, 3.8) is 0 Å². The molecule has 1 aliphatic rings. The quantitative estimate of drug-likeness (QED) is 0.666. The SMILES string of the molecule is CC1(C)COc2ccc(C=O)c(F)c2O1. The van der Waals surface area contributed by atoms with Crippen LogP contribution in [0.4, 0.5) is 4.39 Å². The van der Waals surface area contributed by atoms with Crippen LogP contribution in [0.5, 0.6) is 11.5 Å². The number of carbonyl (C=O) groups excluding carboxylic acids is 1. The highest BCUT2D eigenvalue weighted by atomic mass is 19.1. The Hall–Kier alpha value is -1.58. The van der Waals surface area contributed by atoms with Gasteiger partial charge in [0, 0.05) is 0 Å². The highest BCUT2D eigenvalue weighted by molar-refractivity contribution is 5.77. The second-order valence-corrected chi connectivity index (χ2v) is 4.06. The number of benzene rings is 1. The molecule has 0 spiro atoms. The Morgan fingerprint density at radius 3 is 2.87 bits per heavy atom. The van der Waals surface area contributed by atoms with Crippen molar-refractivity contribution in [1.29, 1.82) is 0 Å².